The van der Waals surface area contributed by atoms with E-state index in [-0.39, 0.29) is 4.32 Å². The van der Waals surface area contributed by atoms with Crippen molar-refractivity contribution in [3.05, 3.63) is 35.9 Å². The van der Waals surface area contributed by atoms with Gasteiger partial charge in [0.1, 0.15) is 0 Å². The van der Waals surface area contributed by atoms with Crippen molar-refractivity contribution in [1.29, 1.82) is 0 Å². The van der Waals surface area contributed by atoms with E-state index in [1.54, 1.807) is 0 Å². The van der Waals surface area contributed by atoms with Gasteiger partial charge in [0.2, 0.25) is 0 Å². The Hall–Kier alpha value is -0.780. The molecule has 0 aliphatic rings. The topological polar surface area (TPSA) is 55.1 Å². The molecule has 0 amide bonds. The zero-order chi connectivity index (χ0) is 9.68. The minimum absolute atomic E-state index is 0.184. The fourth-order valence-electron chi connectivity index (χ4n) is 0.857. The lowest BCUT2D eigenvalue weighted by Crippen LogP contribution is -2.32. The highest BCUT2D eigenvalue weighted by molar-refractivity contribution is 8.12. The third-order valence-electron chi connectivity index (χ3n) is 1.47. The number of hydrogen-bond acceptors (Lipinski definition) is 3. The fourth-order valence-corrected chi connectivity index (χ4v) is 1.79. The van der Waals surface area contributed by atoms with Crippen LogP contribution in [0.1, 0.15) is 5.56 Å². The monoisotopic (exact) mass is 214 g/mol. The van der Waals surface area contributed by atoms with Gasteiger partial charge in [-0.15, -0.1) is 0 Å². The van der Waals surface area contributed by atoms with Crippen LogP contribution < -0.4 is 11.3 Å². The quantitative estimate of drug-likeness (QED) is 0.432. The standard InChI is InChI=1S/C8H10N2OS2/c9-10-8(12)13(11)6-7-4-2-1-3-5-7/h1-5H,6,9H2,(H,10,12). The molecule has 5 heteroatoms. The minimum Gasteiger partial charge on any atom is -0.307 e. The molecule has 0 saturated carbocycles. The highest BCUT2D eigenvalue weighted by atomic mass is 32.2. The van der Waals surface area contributed by atoms with Gasteiger partial charge in [-0.25, -0.2) is 5.84 Å². The summed E-state index contributed by atoms with van der Waals surface area (Å²) in [6.07, 6.45) is 0. The van der Waals surface area contributed by atoms with E-state index in [4.69, 9.17) is 18.1 Å². The normalized spacial score (nSPS) is 12.1. The first-order valence-electron chi connectivity index (χ1n) is 3.67. The predicted octanol–water partition coefficient (Wildman–Crippen LogP) is 0.683. The SMILES string of the molecule is NNC(=S)S(=O)Cc1ccccc1. The van der Waals surface area contributed by atoms with Crippen LogP contribution in [0.15, 0.2) is 30.3 Å². The van der Waals surface area contributed by atoms with E-state index in [1.165, 1.54) is 0 Å². The molecule has 1 atom stereocenters. The largest absolute Gasteiger partial charge is 0.307 e. The Labute approximate surface area is 84.8 Å². The highest BCUT2D eigenvalue weighted by Gasteiger charge is 2.05. The summed E-state index contributed by atoms with van der Waals surface area (Å²) in [5.41, 5.74) is 3.20. The van der Waals surface area contributed by atoms with Crippen molar-refractivity contribution in [2.45, 2.75) is 5.75 Å². The lowest BCUT2D eigenvalue weighted by Gasteiger charge is -2.02. The molecular formula is C8H10N2OS2. The Morgan fingerprint density at radius 1 is 1.46 bits per heavy atom. The Morgan fingerprint density at radius 3 is 2.62 bits per heavy atom. The van der Waals surface area contributed by atoms with Crippen molar-refractivity contribution >= 4 is 27.3 Å². The van der Waals surface area contributed by atoms with Gasteiger partial charge < -0.3 is 5.43 Å². The smallest absolute Gasteiger partial charge is 0.179 e. The van der Waals surface area contributed by atoms with Gasteiger partial charge in [-0.05, 0) is 17.8 Å². The summed E-state index contributed by atoms with van der Waals surface area (Å²) < 4.78 is 11.6. The molecule has 0 aromatic heterocycles. The van der Waals surface area contributed by atoms with E-state index in [0.717, 1.165) is 5.56 Å². The molecule has 0 aliphatic heterocycles. The van der Waals surface area contributed by atoms with Gasteiger partial charge in [0.05, 0.1) is 16.6 Å². The van der Waals surface area contributed by atoms with Crippen LogP contribution in [-0.2, 0) is 16.6 Å². The summed E-state index contributed by atoms with van der Waals surface area (Å²) >= 11 is 4.74. The summed E-state index contributed by atoms with van der Waals surface area (Å²) in [4.78, 5) is 0. The molecule has 1 unspecified atom stereocenters. The van der Waals surface area contributed by atoms with E-state index in [9.17, 15) is 4.21 Å². The summed E-state index contributed by atoms with van der Waals surface area (Å²) in [6, 6.07) is 9.50. The van der Waals surface area contributed by atoms with E-state index in [2.05, 4.69) is 5.43 Å². The van der Waals surface area contributed by atoms with Gasteiger partial charge >= 0.3 is 0 Å². The number of thiocarbonyl (C=S) groups is 1. The van der Waals surface area contributed by atoms with Gasteiger partial charge in [-0.1, -0.05) is 30.3 Å². The van der Waals surface area contributed by atoms with Crippen molar-refractivity contribution in [2.24, 2.45) is 5.84 Å². The number of hydrazine groups is 1. The van der Waals surface area contributed by atoms with Crippen molar-refractivity contribution in [3.63, 3.8) is 0 Å². The molecular weight excluding hydrogens is 204 g/mol. The molecule has 1 aromatic carbocycles. The summed E-state index contributed by atoms with van der Waals surface area (Å²) in [5.74, 6) is 5.45. The lowest BCUT2D eigenvalue weighted by molar-refractivity contribution is 0.689. The van der Waals surface area contributed by atoms with Crippen LogP contribution in [-0.4, -0.2) is 8.53 Å². The van der Waals surface area contributed by atoms with Gasteiger partial charge in [0, 0.05) is 0 Å². The molecule has 0 spiro atoms. The lowest BCUT2D eigenvalue weighted by atomic mass is 10.2. The van der Waals surface area contributed by atoms with Gasteiger partial charge in [0.15, 0.2) is 4.32 Å². The van der Waals surface area contributed by atoms with Gasteiger partial charge in [-0.2, -0.15) is 0 Å². The van der Waals surface area contributed by atoms with E-state index >= 15 is 0 Å². The second kappa shape index (κ2) is 5.06. The van der Waals surface area contributed by atoms with Crippen LogP contribution in [0.25, 0.3) is 0 Å². The third-order valence-corrected chi connectivity index (χ3v) is 3.27. The molecule has 1 rings (SSSR count). The molecule has 70 valence electrons. The Morgan fingerprint density at radius 2 is 2.08 bits per heavy atom. The second-order valence-electron chi connectivity index (χ2n) is 2.41. The van der Waals surface area contributed by atoms with Crippen molar-refractivity contribution in [2.75, 3.05) is 0 Å². The first-order chi connectivity index (χ1) is 6.24. The molecule has 3 N–H and O–H groups in total. The van der Waals surface area contributed by atoms with Crippen LogP contribution in [0.2, 0.25) is 0 Å². The van der Waals surface area contributed by atoms with Crippen LogP contribution in [0.4, 0.5) is 0 Å². The molecule has 1 aromatic rings. The number of rotatable bonds is 2. The van der Waals surface area contributed by atoms with Crippen LogP contribution in [0.5, 0.6) is 0 Å². The summed E-state index contributed by atoms with van der Waals surface area (Å²) in [7, 11) is -1.22. The number of benzene rings is 1. The average Bonchev–Trinajstić information content (AvgIpc) is 2.18. The number of nitrogens with two attached hydrogens (primary N) is 1. The first kappa shape index (κ1) is 10.3. The second-order valence-corrected chi connectivity index (χ2v) is 4.46. The zero-order valence-corrected chi connectivity index (χ0v) is 8.53. The molecule has 0 fully saturated rings. The van der Waals surface area contributed by atoms with Crippen molar-refractivity contribution < 1.29 is 4.21 Å². The average molecular weight is 214 g/mol. The van der Waals surface area contributed by atoms with E-state index in [1.807, 2.05) is 30.3 Å². The maximum Gasteiger partial charge on any atom is 0.179 e. The predicted molar refractivity (Wildman–Crippen MR) is 58.2 cm³/mol. The number of nitrogens with one attached hydrogen (secondary N) is 1. The Balaban J connectivity index is 2.60. The van der Waals surface area contributed by atoms with Crippen molar-refractivity contribution in [3.8, 4) is 0 Å². The maximum absolute atomic E-state index is 11.4. The van der Waals surface area contributed by atoms with Crippen LogP contribution >= 0.6 is 12.2 Å². The van der Waals surface area contributed by atoms with Gasteiger partial charge in [-0.3, -0.25) is 4.21 Å². The molecule has 3 nitrogen and oxygen atoms in total. The number of hydrogen-bond donors (Lipinski definition) is 2. The third kappa shape index (κ3) is 3.22. The Kier molecular flexibility index (Phi) is 4.01. The maximum atomic E-state index is 11.4. The molecule has 0 aliphatic carbocycles. The van der Waals surface area contributed by atoms with Crippen LogP contribution in [0, 0.1) is 0 Å². The van der Waals surface area contributed by atoms with Gasteiger partial charge in [0.25, 0.3) is 0 Å². The Bertz CT molecular complexity index is 313. The molecule has 0 radical (unpaired) electrons. The summed E-state index contributed by atoms with van der Waals surface area (Å²) in [5, 5.41) is 0. The molecule has 0 heterocycles. The molecule has 0 saturated heterocycles. The van der Waals surface area contributed by atoms with Crippen molar-refractivity contribution in [1.82, 2.24) is 5.43 Å². The fraction of sp³-hybridized carbons (Fsp3) is 0.125. The molecule has 13 heavy (non-hydrogen) atoms. The van der Waals surface area contributed by atoms with Crippen LogP contribution in [0.3, 0.4) is 0 Å². The zero-order valence-electron chi connectivity index (χ0n) is 6.90. The summed E-state index contributed by atoms with van der Waals surface area (Å²) in [6.45, 7) is 0. The highest BCUT2D eigenvalue weighted by Crippen LogP contribution is 2.02. The minimum atomic E-state index is -1.22. The van der Waals surface area contributed by atoms with E-state index < -0.39 is 10.8 Å². The van der Waals surface area contributed by atoms with E-state index in [0.29, 0.717) is 5.75 Å². The molecule has 0 bridgehead atoms. The first-order valence-corrected chi connectivity index (χ1v) is 5.39.